The van der Waals surface area contributed by atoms with Crippen LogP contribution in [-0.4, -0.2) is 40.1 Å². The van der Waals surface area contributed by atoms with Gasteiger partial charge in [0.25, 0.3) is 0 Å². The molecule has 1 aromatic heterocycles. The molecule has 0 spiro atoms. The van der Waals surface area contributed by atoms with Crippen LogP contribution in [0, 0.1) is 0 Å². The first-order chi connectivity index (χ1) is 21.6. The second-order valence-corrected chi connectivity index (χ2v) is 14.6. The van der Waals surface area contributed by atoms with E-state index in [0.29, 0.717) is 17.8 Å². The number of amides is 1. The van der Waals surface area contributed by atoms with Crippen LogP contribution in [0.1, 0.15) is 37.6 Å². The molecule has 8 heteroatoms. The molecule has 0 atom stereocenters. The van der Waals surface area contributed by atoms with Gasteiger partial charge in [-0.15, -0.1) is 0 Å². The summed E-state index contributed by atoms with van der Waals surface area (Å²) in [6.07, 6.45) is 5.52. The zero-order valence-electron chi connectivity index (χ0n) is 23.9. The number of allylic oxidation sites excluding steroid dienone is 2. The Hall–Kier alpha value is -5.26. The molecule has 218 valence electrons. The zero-order valence-corrected chi connectivity index (χ0v) is 24.9. The molecule has 1 amide bonds. The Bertz CT molecular complexity index is 1750. The first kappa shape index (κ1) is 28.8. The van der Waals surface area contributed by atoms with Gasteiger partial charge in [-0.05, 0) is 0 Å². The van der Waals surface area contributed by atoms with E-state index in [1.54, 1.807) is 24.3 Å². The molecule has 0 saturated heterocycles. The molecular weight excluding hydrogens is 567 g/mol. The summed E-state index contributed by atoms with van der Waals surface area (Å²) in [6.45, 7) is 0.507. The van der Waals surface area contributed by atoms with E-state index in [-0.39, 0.29) is 34.4 Å². The van der Waals surface area contributed by atoms with Crippen molar-refractivity contribution in [3.63, 3.8) is 0 Å². The molecule has 0 fully saturated rings. The Morgan fingerprint density at radius 1 is 0.750 bits per heavy atom. The summed E-state index contributed by atoms with van der Waals surface area (Å²) < 4.78 is 0. The van der Waals surface area contributed by atoms with Crippen molar-refractivity contribution in [3.05, 3.63) is 156 Å². The first-order valence-corrected chi connectivity index (χ1v) is 16.7. The van der Waals surface area contributed by atoms with Crippen molar-refractivity contribution in [2.45, 2.75) is 6.42 Å². The van der Waals surface area contributed by atoms with Crippen LogP contribution < -0.4 is 26.5 Å². The van der Waals surface area contributed by atoms with E-state index in [2.05, 4.69) is 93.4 Å². The number of carbonyl (C=O) groups excluding carboxylic acids is 3. The quantitative estimate of drug-likeness (QED) is 0.179. The number of carbonyl (C=O) groups is 3. The molecule has 0 bridgehead atoms. The monoisotopic (exact) mass is 598 g/mol. The van der Waals surface area contributed by atoms with Crippen LogP contribution >= 0.6 is 7.26 Å². The third-order valence-corrected chi connectivity index (χ3v) is 13.0. The van der Waals surface area contributed by atoms with Gasteiger partial charge in [-0.1, -0.05) is 0 Å². The molecule has 5 aromatic rings. The van der Waals surface area contributed by atoms with Crippen molar-refractivity contribution in [2.75, 3.05) is 18.0 Å². The number of hydrogen-bond acceptors (Lipinski definition) is 6. The standard InChI is InChI=1S/C36H31N4O3P/c41-33-23-32(35(42)31-24-37-25-39-34(31)33)40-27-13-10-12-26(22-27)36(43)38-20-11-21-44(28-14-4-1-5-15-28,29-16-6-2-7-17-29)30-18-8-3-9-19-30/h1-10,12-19,22-25,40,44H,11,20-21H2,(H,38,43). The predicted molar refractivity (Wildman–Crippen MR) is 177 cm³/mol. The third-order valence-electron chi connectivity index (χ3n) is 7.93. The van der Waals surface area contributed by atoms with Gasteiger partial charge < -0.3 is 0 Å². The Balaban J connectivity index is 1.17. The third kappa shape index (κ3) is 5.83. The number of benzene rings is 4. The second kappa shape index (κ2) is 12.9. The van der Waals surface area contributed by atoms with Gasteiger partial charge in [-0.3, -0.25) is 4.79 Å². The fourth-order valence-corrected chi connectivity index (χ4v) is 10.7. The number of Topliss-reactive ketones (excluding diaryl/α,β-unsaturated/α-hetero) is 1. The van der Waals surface area contributed by atoms with Crippen LogP contribution in [0.5, 0.6) is 0 Å². The number of anilines is 1. The van der Waals surface area contributed by atoms with E-state index in [1.165, 1.54) is 34.5 Å². The van der Waals surface area contributed by atoms with Crippen LogP contribution in [-0.2, 0) is 0 Å². The fraction of sp³-hybridized carbons (Fsp3) is 0.0833. The molecule has 44 heavy (non-hydrogen) atoms. The summed E-state index contributed by atoms with van der Waals surface area (Å²) in [4.78, 5) is 46.4. The van der Waals surface area contributed by atoms with Crippen LogP contribution in [0.2, 0.25) is 0 Å². The summed E-state index contributed by atoms with van der Waals surface area (Å²) in [6, 6.07) is 39.0. The van der Waals surface area contributed by atoms with Gasteiger partial charge in [0.05, 0.1) is 0 Å². The maximum absolute atomic E-state index is 13.2. The van der Waals surface area contributed by atoms with E-state index >= 15 is 0 Å². The summed E-state index contributed by atoms with van der Waals surface area (Å²) >= 11 is 0. The van der Waals surface area contributed by atoms with Crippen molar-refractivity contribution >= 4 is 46.3 Å². The molecule has 0 aliphatic heterocycles. The molecule has 0 saturated carbocycles. The Kier molecular flexibility index (Phi) is 8.48. The minimum atomic E-state index is -2.38. The molecule has 2 N–H and O–H groups in total. The van der Waals surface area contributed by atoms with Crippen LogP contribution in [0.3, 0.4) is 0 Å². The van der Waals surface area contributed by atoms with Crippen molar-refractivity contribution in [1.82, 2.24) is 15.3 Å². The molecule has 7 nitrogen and oxygen atoms in total. The van der Waals surface area contributed by atoms with Crippen LogP contribution in [0.25, 0.3) is 0 Å². The second-order valence-electron chi connectivity index (χ2n) is 10.6. The van der Waals surface area contributed by atoms with Crippen LogP contribution in [0.15, 0.2) is 140 Å². The molecular formula is C36H31N4O3P. The molecule has 0 radical (unpaired) electrons. The Morgan fingerprint density at radius 3 is 1.98 bits per heavy atom. The number of rotatable bonds is 10. The van der Waals surface area contributed by atoms with Gasteiger partial charge in [0.1, 0.15) is 12.0 Å². The molecule has 4 aromatic carbocycles. The van der Waals surface area contributed by atoms with Crippen molar-refractivity contribution < 1.29 is 14.4 Å². The van der Waals surface area contributed by atoms with E-state index in [4.69, 9.17) is 0 Å². The number of fused-ring (bicyclic) bond motifs is 1. The van der Waals surface area contributed by atoms with Crippen molar-refractivity contribution in [2.24, 2.45) is 0 Å². The van der Waals surface area contributed by atoms with Gasteiger partial charge in [0.15, 0.2) is 0 Å². The molecule has 1 aliphatic carbocycles. The minimum absolute atomic E-state index is 0.0857. The topological polar surface area (TPSA) is 101 Å². The summed E-state index contributed by atoms with van der Waals surface area (Å²) in [5.74, 6) is -0.962. The van der Waals surface area contributed by atoms with E-state index in [9.17, 15) is 14.4 Å². The van der Waals surface area contributed by atoms with Gasteiger partial charge in [-0.2, -0.15) is 0 Å². The van der Waals surface area contributed by atoms with Gasteiger partial charge >= 0.3 is 224 Å². The molecule has 6 rings (SSSR count). The molecule has 1 aliphatic rings. The Labute approximate surface area is 256 Å². The Morgan fingerprint density at radius 2 is 1.36 bits per heavy atom. The SMILES string of the molecule is O=C(NCCC[PH](c1ccccc1)(c1ccccc1)c1ccccc1)c1cccc(NC2=CC(=O)c3ncncc3C2=O)c1. The number of aromatic nitrogens is 2. The van der Waals surface area contributed by atoms with Crippen molar-refractivity contribution in [3.8, 4) is 0 Å². The fourth-order valence-electron chi connectivity index (χ4n) is 5.85. The molecule has 0 unspecified atom stereocenters. The average Bonchev–Trinajstić information content (AvgIpc) is 3.08. The number of ketones is 2. The number of nitrogens with one attached hydrogen (secondary N) is 2. The zero-order chi connectivity index (χ0) is 30.4. The summed E-state index contributed by atoms with van der Waals surface area (Å²) in [5, 5.41) is 10.1. The van der Waals surface area contributed by atoms with Gasteiger partial charge in [-0.25, -0.2) is 9.97 Å². The summed E-state index contributed by atoms with van der Waals surface area (Å²) in [7, 11) is -2.38. The number of hydrogen-bond donors (Lipinski definition) is 2. The van der Waals surface area contributed by atoms with E-state index < -0.39 is 7.26 Å². The van der Waals surface area contributed by atoms with E-state index in [0.717, 1.165) is 12.6 Å². The molecule has 1 heterocycles. The van der Waals surface area contributed by atoms with Crippen LogP contribution in [0.4, 0.5) is 5.69 Å². The maximum atomic E-state index is 13.2. The van der Waals surface area contributed by atoms with Crippen molar-refractivity contribution in [1.29, 1.82) is 0 Å². The van der Waals surface area contributed by atoms with Gasteiger partial charge in [0, 0.05) is 6.20 Å². The first-order valence-electron chi connectivity index (χ1n) is 14.5. The van der Waals surface area contributed by atoms with E-state index in [1.807, 2.05) is 18.2 Å². The normalized spacial score (nSPS) is 13.0. The van der Waals surface area contributed by atoms with Gasteiger partial charge in [0.2, 0.25) is 0 Å². The summed E-state index contributed by atoms with van der Waals surface area (Å²) in [5.41, 5.74) is 1.32. The average molecular weight is 599 g/mol. The predicted octanol–water partition coefficient (Wildman–Crippen LogP) is 4.70. The number of nitrogens with zero attached hydrogens (tertiary/aromatic N) is 2.